The van der Waals surface area contributed by atoms with Gasteiger partial charge in [0.05, 0.1) is 17.7 Å². The number of hydrogen-bond acceptors (Lipinski definition) is 2. The molecule has 2 N–H and O–H groups in total. The van der Waals surface area contributed by atoms with E-state index in [0.717, 1.165) is 11.4 Å². The van der Waals surface area contributed by atoms with Gasteiger partial charge in [-0.25, -0.2) is 4.99 Å². The smallest absolute Gasteiger partial charge is 0.0958 e. The molecule has 0 rings (SSSR count). The van der Waals surface area contributed by atoms with Crippen LogP contribution in [-0.2, 0) is 0 Å². The fourth-order valence-corrected chi connectivity index (χ4v) is 0.577. The predicted molar refractivity (Wildman–Crippen MR) is 49.8 cm³/mol. The van der Waals surface area contributed by atoms with E-state index in [1.807, 2.05) is 20.8 Å². The second kappa shape index (κ2) is 4.66. The minimum Gasteiger partial charge on any atom is -0.387 e. The van der Waals surface area contributed by atoms with Crippen LogP contribution in [0.1, 0.15) is 27.7 Å². The molecule has 0 aromatic heterocycles. The molecule has 0 unspecified atom stereocenters. The van der Waals surface area contributed by atoms with E-state index in [-0.39, 0.29) is 0 Å². The minimum atomic E-state index is 0.549. The SMILES string of the molecule is CC(C)=N/C(C)=C\N=C(C)N. The fourth-order valence-electron chi connectivity index (χ4n) is 0.577. The van der Waals surface area contributed by atoms with E-state index in [4.69, 9.17) is 5.73 Å². The second-order valence-electron chi connectivity index (χ2n) is 2.60. The Morgan fingerprint density at radius 1 is 1.18 bits per heavy atom. The van der Waals surface area contributed by atoms with Crippen molar-refractivity contribution in [2.24, 2.45) is 15.7 Å². The molecule has 0 amide bonds. The first kappa shape index (κ1) is 9.88. The Hall–Kier alpha value is -1.12. The lowest BCUT2D eigenvalue weighted by molar-refractivity contribution is 1.25. The number of aliphatic imine (C=N–C) groups is 2. The Labute approximate surface area is 67.7 Å². The van der Waals surface area contributed by atoms with Crippen molar-refractivity contribution in [3.8, 4) is 0 Å². The number of amidine groups is 1. The third kappa shape index (κ3) is 6.77. The predicted octanol–water partition coefficient (Wildman–Crippen LogP) is 1.71. The largest absolute Gasteiger partial charge is 0.387 e. The van der Waals surface area contributed by atoms with Crippen LogP contribution >= 0.6 is 0 Å². The third-order valence-corrected chi connectivity index (χ3v) is 0.855. The van der Waals surface area contributed by atoms with Gasteiger partial charge < -0.3 is 5.73 Å². The standard InChI is InChI=1S/C8H15N3/c1-6(2)11-7(3)5-10-8(4)9/h5H,1-4H3,(H2,9,10)/b7-5-. The molecule has 0 aromatic rings. The molecule has 0 bridgehead atoms. The van der Waals surface area contributed by atoms with Crippen molar-refractivity contribution >= 4 is 11.5 Å². The van der Waals surface area contributed by atoms with Crippen LogP contribution in [0.4, 0.5) is 0 Å². The third-order valence-electron chi connectivity index (χ3n) is 0.855. The van der Waals surface area contributed by atoms with Gasteiger partial charge in [-0.15, -0.1) is 0 Å². The lowest BCUT2D eigenvalue weighted by Gasteiger charge is -1.91. The highest BCUT2D eigenvalue weighted by atomic mass is 14.8. The van der Waals surface area contributed by atoms with Gasteiger partial charge in [0, 0.05) is 5.71 Å². The van der Waals surface area contributed by atoms with Crippen molar-refractivity contribution in [2.45, 2.75) is 27.7 Å². The Morgan fingerprint density at radius 2 is 1.73 bits per heavy atom. The molecule has 0 radical (unpaired) electrons. The van der Waals surface area contributed by atoms with Crippen molar-refractivity contribution in [1.29, 1.82) is 0 Å². The van der Waals surface area contributed by atoms with E-state index >= 15 is 0 Å². The Morgan fingerprint density at radius 3 is 2.09 bits per heavy atom. The van der Waals surface area contributed by atoms with Gasteiger partial charge in [0.1, 0.15) is 0 Å². The van der Waals surface area contributed by atoms with Crippen LogP contribution in [0.25, 0.3) is 0 Å². The minimum absolute atomic E-state index is 0.549. The van der Waals surface area contributed by atoms with E-state index in [0.29, 0.717) is 5.84 Å². The highest BCUT2D eigenvalue weighted by Gasteiger charge is 1.82. The van der Waals surface area contributed by atoms with Crippen molar-refractivity contribution < 1.29 is 0 Å². The molecular weight excluding hydrogens is 138 g/mol. The quantitative estimate of drug-likeness (QED) is 0.476. The summed E-state index contributed by atoms with van der Waals surface area (Å²) in [6.45, 7) is 7.51. The fraction of sp³-hybridized carbons (Fsp3) is 0.500. The van der Waals surface area contributed by atoms with Gasteiger partial charge in [-0.3, -0.25) is 4.99 Å². The molecule has 0 aliphatic carbocycles. The average Bonchev–Trinajstić information content (AvgIpc) is 1.82. The Bertz CT molecular complexity index is 203. The number of nitrogens with zero attached hydrogens (tertiary/aromatic N) is 2. The average molecular weight is 153 g/mol. The molecule has 11 heavy (non-hydrogen) atoms. The number of hydrogen-bond donors (Lipinski definition) is 1. The van der Waals surface area contributed by atoms with Crippen LogP contribution in [0.3, 0.4) is 0 Å². The summed E-state index contributed by atoms with van der Waals surface area (Å²) in [7, 11) is 0. The number of allylic oxidation sites excluding steroid dienone is 1. The molecule has 0 saturated carbocycles. The molecular formula is C8H15N3. The normalized spacial score (nSPS) is 13.1. The molecule has 0 atom stereocenters. The maximum absolute atomic E-state index is 5.33. The molecule has 0 spiro atoms. The van der Waals surface area contributed by atoms with E-state index in [2.05, 4.69) is 9.98 Å². The lowest BCUT2D eigenvalue weighted by Crippen LogP contribution is -2.03. The first-order chi connectivity index (χ1) is 5.02. The van der Waals surface area contributed by atoms with Crippen molar-refractivity contribution in [3.05, 3.63) is 11.9 Å². The van der Waals surface area contributed by atoms with Gasteiger partial charge in [-0.2, -0.15) is 0 Å². The topological polar surface area (TPSA) is 50.7 Å². The summed E-state index contributed by atoms with van der Waals surface area (Å²) >= 11 is 0. The zero-order valence-electron chi connectivity index (χ0n) is 7.55. The van der Waals surface area contributed by atoms with Crippen LogP contribution < -0.4 is 5.73 Å². The molecule has 0 aliphatic rings. The van der Waals surface area contributed by atoms with E-state index in [9.17, 15) is 0 Å². The molecule has 0 aromatic carbocycles. The van der Waals surface area contributed by atoms with Gasteiger partial charge in [0.15, 0.2) is 0 Å². The summed E-state index contributed by atoms with van der Waals surface area (Å²) in [6, 6.07) is 0. The van der Waals surface area contributed by atoms with Gasteiger partial charge >= 0.3 is 0 Å². The summed E-state index contributed by atoms with van der Waals surface area (Å²) in [5.41, 5.74) is 7.22. The van der Waals surface area contributed by atoms with Gasteiger partial charge in [0.2, 0.25) is 0 Å². The summed E-state index contributed by atoms with van der Waals surface area (Å²) in [5.74, 6) is 0.549. The van der Waals surface area contributed by atoms with Gasteiger partial charge in [0.25, 0.3) is 0 Å². The van der Waals surface area contributed by atoms with Crippen molar-refractivity contribution in [2.75, 3.05) is 0 Å². The highest BCUT2D eigenvalue weighted by molar-refractivity contribution is 5.80. The molecule has 62 valence electrons. The summed E-state index contributed by atoms with van der Waals surface area (Å²) < 4.78 is 0. The van der Waals surface area contributed by atoms with Crippen LogP contribution in [0, 0.1) is 0 Å². The zero-order chi connectivity index (χ0) is 8.85. The maximum Gasteiger partial charge on any atom is 0.0958 e. The first-order valence-electron chi connectivity index (χ1n) is 3.51. The number of nitrogens with two attached hydrogens (primary N) is 1. The Balaban J connectivity index is 4.25. The maximum atomic E-state index is 5.33. The number of rotatable bonds is 2. The van der Waals surface area contributed by atoms with Crippen LogP contribution in [0.2, 0.25) is 0 Å². The molecule has 0 heterocycles. The molecule has 3 heteroatoms. The molecule has 0 aliphatic heterocycles. The molecule has 0 fully saturated rings. The second-order valence-corrected chi connectivity index (χ2v) is 2.60. The van der Waals surface area contributed by atoms with E-state index in [1.165, 1.54) is 0 Å². The highest BCUT2D eigenvalue weighted by Crippen LogP contribution is 1.95. The molecule has 3 nitrogen and oxygen atoms in total. The summed E-state index contributed by atoms with van der Waals surface area (Å²) in [4.78, 5) is 8.07. The van der Waals surface area contributed by atoms with Crippen LogP contribution in [0.5, 0.6) is 0 Å². The lowest BCUT2D eigenvalue weighted by atomic mass is 10.4. The van der Waals surface area contributed by atoms with Gasteiger partial charge in [-0.1, -0.05) is 0 Å². The van der Waals surface area contributed by atoms with E-state index in [1.54, 1.807) is 13.1 Å². The van der Waals surface area contributed by atoms with Crippen molar-refractivity contribution in [3.63, 3.8) is 0 Å². The monoisotopic (exact) mass is 153 g/mol. The molecule has 0 saturated heterocycles. The summed E-state index contributed by atoms with van der Waals surface area (Å²) in [6.07, 6.45) is 1.66. The first-order valence-corrected chi connectivity index (χ1v) is 3.51. The zero-order valence-corrected chi connectivity index (χ0v) is 7.55. The van der Waals surface area contributed by atoms with E-state index < -0.39 is 0 Å². The van der Waals surface area contributed by atoms with Crippen LogP contribution in [0.15, 0.2) is 21.9 Å². The van der Waals surface area contributed by atoms with Crippen LogP contribution in [-0.4, -0.2) is 11.5 Å². The van der Waals surface area contributed by atoms with Crippen molar-refractivity contribution in [1.82, 2.24) is 0 Å². The van der Waals surface area contributed by atoms with Gasteiger partial charge in [-0.05, 0) is 27.7 Å². The summed E-state index contributed by atoms with van der Waals surface area (Å²) in [5, 5.41) is 0. The Kier molecular flexibility index (Phi) is 4.18.